The van der Waals surface area contributed by atoms with Crippen molar-refractivity contribution < 1.29 is 13.6 Å². The Balaban J connectivity index is 1.52. The number of aldehydes is 1. The smallest absolute Gasteiger partial charge is 0.200 e. The molecule has 184 valence electrons. The second-order valence-corrected chi connectivity index (χ2v) is 9.54. The number of thiophene rings is 1. The van der Waals surface area contributed by atoms with E-state index in [0.29, 0.717) is 44.3 Å². The van der Waals surface area contributed by atoms with E-state index in [1.165, 1.54) is 34.8 Å². The largest absolute Gasteiger partial charge is 0.458 e. The molecular weight excluding hydrogens is 493 g/mol. The summed E-state index contributed by atoms with van der Waals surface area (Å²) in [6.07, 6.45) is 3.93. The first-order chi connectivity index (χ1) is 18.0. The molecule has 0 saturated heterocycles. The van der Waals surface area contributed by atoms with Crippen LogP contribution in [-0.2, 0) is 0 Å². The molecule has 2 aliphatic heterocycles. The SMILES string of the molecule is CC(c1oc2ccccc2c(=O)c1-c1cccc(F)c1)N1NC(c2csc(C=O)c2)=C2C1=CN=CN2N. The van der Waals surface area contributed by atoms with Crippen molar-refractivity contribution in [3.8, 4) is 11.1 Å². The number of hydrazine groups is 2. The van der Waals surface area contributed by atoms with Crippen LogP contribution in [0.5, 0.6) is 0 Å². The lowest BCUT2D eigenvalue weighted by atomic mass is 9.98. The molecular formula is C27H20FN5O3S. The second kappa shape index (κ2) is 8.84. The maximum Gasteiger partial charge on any atom is 0.200 e. The third-order valence-electron chi connectivity index (χ3n) is 6.35. The normalized spacial score (nSPS) is 15.6. The zero-order chi connectivity index (χ0) is 25.7. The van der Waals surface area contributed by atoms with Crippen molar-refractivity contribution in [2.45, 2.75) is 13.0 Å². The average molecular weight is 514 g/mol. The number of hydrogen-bond acceptors (Lipinski definition) is 9. The van der Waals surface area contributed by atoms with E-state index in [1.807, 2.05) is 12.3 Å². The summed E-state index contributed by atoms with van der Waals surface area (Å²) >= 11 is 1.32. The van der Waals surface area contributed by atoms with Gasteiger partial charge in [-0.25, -0.2) is 15.2 Å². The second-order valence-electron chi connectivity index (χ2n) is 8.60. The minimum Gasteiger partial charge on any atom is -0.458 e. The molecule has 0 saturated carbocycles. The molecule has 0 amide bonds. The molecule has 0 bridgehead atoms. The van der Waals surface area contributed by atoms with Crippen molar-refractivity contribution in [1.82, 2.24) is 15.4 Å². The van der Waals surface area contributed by atoms with Gasteiger partial charge in [-0.15, -0.1) is 11.3 Å². The first-order valence-electron chi connectivity index (χ1n) is 11.4. The highest BCUT2D eigenvalue weighted by Gasteiger charge is 2.37. The topological polar surface area (TPSA) is 104 Å². The van der Waals surface area contributed by atoms with Crippen molar-refractivity contribution in [3.63, 3.8) is 0 Å². The number of nitrogens with zero attached hydrogens (tertiary/aromatic N) is 3. The molecule has 3 N–H and O–H groups in total. The van der Waals surface area contributed by atoms with Crippen LogP contribution < -0.4 is 16.7 Å². The Morgan fingerprint density at radius 2 is 2.00 bits per heavy atom. The molecule has 0 radical (unpaired) electrons. The number of benzene rings is 2. The van der Waals surface area contributed by atoms with Gasteiger partial charge in [-0.1, -0.05) is 24.3 Å². The number of rotatable bonds is 5. The molecule has 1 atom stereocenters. The summed E-state index contributed by atoms with van der Waals surface area (Å²) in [6, 6.07) is 14.1. The van der Waals surface area contributed by atoms with Gasteiger partial charge in [0, 0.05) is 10.9 Å². The van der Waals surface area contributed by atoms with E-state index < -0.39 is 11.9 Å². The van der Waals surface area contributed by atoms with Gasteiger partial charge in [-0.2, -0.15) is 0 Å². The van der Waals surface area contributed by atoms with Crippen LogP contribution in [0.1, 0.15) is 34.0 Å². The van der Waals surface area contributed by atoms with E-state index in [9.17, 15) is 14.0 Å². The van der Waals surface area contributed by atoms with Gasteiger partial charge in [-0.05, 0) is 42.8 Å². The number of fused-ring (bicyclic) bond motifs is 2. The third-order valence-corrected chi connectivity index (χ3v) is 7.20. The number of carbonyl (C=O) groups excluding carboxylic acids is 1. The average Bonchev–Trinajstić information content (AvgIpc) is 3.54. The molecule has 1 unspecified atom stereocenters. The van der Waals surface area contributed by atoms with E-state index in [1.54, 1.807) is 53.7 Å². The molecule has 0 aliphatic carbocycles. The van der Waals surface area contributed by atoms with Crippen molar-refractivity contribution in [2.75, 3.05) is 0 Å². The number of hydrogen-bond donors (Lipinski definition) is 2. The summed E-state index contributed by atoms with van der Waals surface area (Å²) in [7, 11) is 0. The van der Waals surface area contributed by atoms with Gasteiger partial charge in [0.25, 0.3) is 0 Å². The Hall–Kier alpha value is -4.54. The maximum absolute atomic E-state index is 14.2. The number of halogens is 1. The summed E-state index contributed by atoms with van der Waals surface area (Å²) in [6.45, 7) is 1.87. The van der Waals surface area contributed by atoms with Crippen LogP contribution in [0.15, 0.2) is 91.8 Å². The van der Waals surface area contributed by atoms with Gasteiger partial charge < -0.3 is 4.42 Å². The number of para-hydroxylation sites is 1. The Kier molecular flexibility index (Phi) is 5.47. The minimum absolute atomic E-state index is 0.258. The monoisotopic (exact) mass is 513 g/mol. The molecule has 0 fully saturated rings. The molecule has 37 heavy (non-hydrogen) atoms. The fourth-order valence-electron chi connectivity index (χ4n) is 4.63. The summed E-state index contributed by atoms with van der Waals surface area (Å²) in [5.41, 5.74) is 6.96. The zero-order valence-corrected chi connectivity index (χ0v) is 20.3. The predicted molar refractivity (Wildman–Crippen MR) is 140 cm³/mol. The molecule has 10 heteroatoms. The fourth-order valence-corrected chi connectivity index (χ4v) is 5.33. The molecule has 4 heterocycles. The van der Waals surface area contributed by atoms with Gasteiger partial charge in [-0.3, -0.25) is 25.0 Å². The molecule has 2 aliphatic rings. The Morgan fingerprint density at radius 3 is 2.78 bits per heavy atom. The summed E-state index contributed by atoms with van der Waals surface area (Å²) in [5.74, 6) is 6.15. The lowest BCUT2D eigenvalue weighted by molar-refractivity contribution is 0.112. The zero-order valence-electron chi connectivity index (χ0n) is 19.5. The van der Waals surface area contributed by atoms with E-state index >= 15 is 0 Å². The standard InChI is InChI=1S/C27H20FN5O3S/c1-15(33-21-11-30-14-32(29)25(21)24(31-33)17-10-19(12-34)37-13-17)27-23(16-5-4-6-18(28)9-16)26(35)20-7-2-3-8-22(20)36-27/h2-15,31H,29H2,1H3. The first kappa shape index (κ1) is 22.9. The third kappa shape index (κ3) is 3.74. The molecule has 2 aromatic heterocycles. The van der Waals surface area contributed by atoms with Crippen LogP contribution >= 0.6 is 11.3 Å². The van der Waals surface area contributed by atoms with Gasteiger partial charge in [0.15, 0.2) is 6.29 Å². The highest BCUT2D eigenvalue weighted by atomic mass is 32.1. The maximum atomic E-state index is 14.2. The van der Waals surface area contributed by atoms with Crippen molar-refractivity contribution in [1.29, 1.82) is 0 Å². The highest BCUT2D eigenvalue weighted by molar-refractivity contribution is 7.11. The molecule has 6 rings (SSSR count). The number of aliphatic imine (C=N–C) groups is 1. The number of nitrogens with one attached hydrogen (secondary N) is 1. The van der Waals surface area contributed by atoms with E-state index in [2.05, 4.69) is 10.4 Å². The Labute approximate surface area is 214 Å². The predicted octanol–water partition coefficient (Wildman–Crippen LogP) is 4.78. The van der Waals surface area contributed by atoms with Crippen LogP contribution in [-0.4, -0.2) is 22.6 Å². The van der Waals surface area contributed by atoms with Gasteiger partial charge in [0.05, 0.1) is 27.7 Å². The van der Waals surface area contributed by atoms with Crippen molar-refractivity contribution >= 4 is 40.6 Å². The van der Waals surface area contributed by atoms with E-state index in [0.717, 1.165) is 11.8 Å². The minimum atomic E-state index is -0.555. The number of carbonyl (C=O) groups is 1. The van der Waals surface area contributed by atoms with Crippen LogP contribution in [0.2, 0.25) is 0 Å². The quantitative estimate of drug-likeness (QED) is 0.292. The lowest BCUT2D eigenvalue weighted by Gasteiger charge is -2.30. The summed E-state index contributed by atoms with van der Waals surface area (Å²) < 4.78 is 20.6. The Bertz CT molecular complexity index is 1720. The van der Waals surface area contributed by atoms with Crippen LogP contribution in [0.25, 0.3) is 27.8 Å². The van der Waals surface area contributed by atoms with Crippen molar-refractivity contribution in [2.24, 2.45) is 10.8 Å². The summed E-state index contributed by atoms with van der Waals surface area (Å²) in [5, 5.41) is 5.46. The van der Waals surface area contributed by atoms with Crippen LogP contribution in [0.4, 0.5) is 4.39 Å². The van der Waals surface area contributed by atoms with Gasteiger partial charge >= 0.3 is 0 Å². The van der Waals surface area contributed by atoms with E-state index in [4.69, 9.17) is 10.3 Å². The fraction of sp³-hybridized carbons (Fsp3) is 0.0741. The molecule has 0 spiro atoms. The Morgan fingerprint density at radius 1 is 1.16 bits per heavy atom. The van der Waals surface area contributed by atoms with Crippen LogP contribution in [0.3, 0.4) is 0 Å². The van der Waals surface area contributed by atoms with Gasteiger partial charge in [0.2, 0.25) is 5.43 Å². The van der Waals surface area contributed by atoms with E-state index in [-0.39, 0.29) is 11.0 Å². The number of nitrogens with two attached hydrogens (primary N) is 1. The molecule has 4 aromatic rings. The summed E-state index contributed by atoms with van der Waals surface area (Å²) in [4.78, 5) is 29.8. The highest BCUT2D eigenvalue weighted by Crippen LogP contribution is 2.41. The van der Waals surface area contributed by atoms with Crippen molar-refractivity contribution in [3.05, 3.63) is 110 Å². The first-order valence-corrected chi connectivity index (χ1v) is 12.3. The lowest BCUT2D eigenvalue weighted by Crippen LogP contribution is -2.36. The van der Waals surface area contributed by atoms with Gasteiger partial charge in [0.1, 0.15) is 40.9 Å². The molecule has 8 nitrogen and oxygen atoms in total. The van der Waals surface area contributed by atoms with Crippen LogP contribution in [0, 0.1) is 5.82 Å². The molecule has 2 aromatic carbocycles.